The quantitative estimate of drug-likeness (QED) is 0.390. The van der Waals surface area contributed by atoms with Gasteiger partial charge in [0.1, 0.15) is 36.8 Å². The minimum atomic E-state index is -1.22. The molecule has 2 unspecified atom stereocenters. The van der Waals surface area contributed by atoms with E-state index in [1.54, 1.807) is 0 Å². The van der Waals surface area contributed by atoms with Gasteiger partial charge in [0.15, 0.2) is 17.7 Å². The van der Waals surface area contributed by atoms with Gasteiger partial charge in [-0.1, -0.05) is 0 Å². The first-order valence-corrected chi connectivity index (χ1v) is 5.84. The van der Waals surface area contributed by atoms with Gasteiger partial charge < -0.3 is 20.7 Å². The third-order valence-corrected chi connectivity index (χ3v) is 3.24. The van der Waals surface area contributed by atoms with Crippen LogP contribution in [0.25, 0.3) is 11.2 Å². The Hall–Kier alpha value is -1.85. The lowest BCUT2D eigenvalue weighted by Crippen LogP contribution is -2.33. The van der Waals surface area contributed by atoms with Crippen LogP contribution in [0, 0.1) is 0 Å². The molecule has 2 aromatic heterocycles. The molecule has 10 nitrogen and oxygen atoms in total. The van der Waals surface area contributed by atoms with Crippen LogP contribution in [-0.2, 0) is 9.62 Å². The van der Waals surface area contributed by atoms with E-state index >= 15 is 0 Å². The van der Waals surface area contributed by atoms with E-state index in [9.17, 15) is 10.2 Å². The number of nitrogens with zero attached hydrogens (tertiary/aromatic N) is 4. The van der Waals surface area contributed by atoms with Crippen molar-refractivity contribution >= 4 is 17.0 Å². The molecule has 0 radical (unpaired) electrons. The summed E-state index contributed by atoms with van der Waals surface area (Å²) >= 11 is 0. The first-order valence-electron chi connectivity index (χ1n) is 5.84. The molecule has 0 bridgehead atoms. The summed E-state index contributed by atoms with van der Waals surface area (Å²) in [6.45, 7) is -0.265. The predicted molar refractivity (Wildman–Crippen MR) is 64.2 cm³/mol. The second kappa shape index (κ2) is 4.92. The van der Waals surface area contributed by atoms with Crippen LogP contribution in [0.1, 0.15) is 6.23 Å². The number of aromatic nitrogens is 4. The molecule has 0 aromatic carbocycles. The summed E-state index contributed by atoms with van der Waals surface area (Å²) < 4.78 is 6.90. The molecule has 20 heavy (non-hydrogen) atoms. The van der Waals surface area contributed by atoms with E-state index in [0.29, 0.717) is 11.2 Å². The Labute approximate surface area is 112 Å². The summed E-state index contributed by atoms with van der Waals surface area (Å²) in [5.41, 5.74) is 6.42. The Bertz CT molecular complexity index is 619. The van der Waals surface area contributed by atoms with Gasteiger partial charge in [0, 0.05) is 0 Å². The Morgan fingerprint density at radius 1 is 1.30 bits per heavy atom. The molecule has 0 spiro atoms. The zero-order chi connectivity index (χ0) is 14.3. The van der Waals surface area contributed by atoms with Crippen LogP contribution in [0.4, 0.5) is 5.82 Å². The van der Waals surface area contributed by atoms with Crippen molar-refractivity contribution in [2.75, 3.05) is 12.3 Å². The number of nitrogens with two attached hydrogens (primary N) is 1. The Morgan fingerprint density at radius 3 is 2.85 bits per heavy atom. The van der Waals surface area contributed by atoms with Gasteiger partial charge in [-0.25, -0.2) is 19.8 Å². The number of anilines is 1. The van der Waals surface area contributed by atoms with E-state index in [1.165, 1.54) is 17.2 Å². The van der Waals surface area contributed by atoms with Crippen LogP contribution in [0.5, 0.6) is 0 Å². The highest BCUT2D eigenvalue weighted by atomic mass is 17.1. The number of hydrogen-bond acceptors (Lipinski definition) is 9. The van der Waals surface area contributed by atoms with Crippen LogP contribution in [0.15, 0.2) is 12.7 Å². The van der Waals surface area contributed by atoms with Crippen molar-refractivity contribution in [1.82, 2.24) is 19.5 Å². The largest absolute Gasteiger partial charge is 0.387 e. The molecule has 3 rings (SSSR count). The fourth-order valence-electron chi connectivity index (χ4n) is 2.23. The number of imidazole rings is 1. The van der Waals surface area contributed by atoms with Gasteiger partial charge in [0.2, 0.25) is 0 Å². The Morgan fingerprint density at radius 2 is 2.10 bits per heavy atom. The highest BCUT2D eigenvalue weighted by molar-refractivity contribution is 5.81. The van der Waals surface area contributed by atoms with Crippen molar-refractivity contribution < 1.29 is 25.1 Å². The van der Waals surface area contributed by atoms with Gasteiger partial charge in [-0.3, -0.25) is 9.82 Å². The van der Waals surface area contributed by atoms with Crippen LogP contribution in [0.2, 0.25) is 0 Å². The third-order valence-electron chi connectivity index (χ3n) is 3.24. The van der Waals surface area contributed by atoms with Crippen molar-refractivity contribution in [2.24, 2.45) is 0 Å². The van der Waals surface area contributed by atoms with Gasteiger partial charge in [0.25, 0.3) is 0 Å². The topological polar surface area (TPSA) is 149 Å². The minimum absolute atomic E-state index is 0.206. The number of nitrogen functional groups attached to an aromatic ring is 1. The van der Waals surface area contributed by atoms with E-state index in [0.717, 1.165) is 0 Å². The number of fused-ring (bicyclic) bond motifs is 1. The monoisotopic (exact) mass is 283 g/mol. The summed E-state index contributed by atoms with van der Waals surface area (Å²) in [5.74, 6) is 0.206. The van der Waals surface area contributed by atoms with Gasteiger partial charge in [0.05, 0.1) is 6.33 Å². The van der Waals surface area contributed by atoms with Crippen LogP contribution in [0.3, 0.4) is 0 Å². The zero-order valence-electron chi connectivity index (χ0n) is 10.2. The van der Waals surface area contributed by atoms with E-state index in [1.807, 2.05) is 0 Å². The second-order valence-electron chi connectivity index (χ2n) is 4.43. The molecule has 0 saturated carbocycles. The summed E-state index contributed by atoms with van der Waals surface area (Å²) in [7, 11) is 0. The van der Waals surface area contributed by atoms with Gasteiger partial charge in [-0.2, -0.15) is 0 Å². The second-order valence-corrected chi connectivity index (χ2v) is 4.43. The summed E-state index contributed by atoms with van der Waals surface area (Å²) in [5, 5.41) is 28.3. The van der Waals surface area contributed by atoms with Crippen LogP contribution in [-0.4, -0.2) is 59.9 Å². The van der Waals surface area contributed by atoms with Gasteiger partial charge in [-0.15, -0.1) is 0 Å². The average Bonchev–Trinajstić information content (AvgIpc) is 2.97. The van der Waals surface area contributed by atoms with Crippen molar-refractivity contribution in [3.05, 3.63) is 12.7 Å². The molecule has 0 aliphatic carbocycles. The first-order chi connectivity index (χ1) is 9.63. The molecule has 1 saturated heterocycles. The van der Waals surface area contributed by atoms with E-state index in [2.05, 4.69) is 19.8 Å². The summed E-state index contributed by atoms with van der Waals surface area (Å²) in [4.78, 5) is 15.8. The number of rotatable bonds is 3. The molecule has 1 aliphatic rings. The molecule has 2 aromatic rings. The summed E-state index contributed by atoms with van der Waals surface area (Å²) in [6, 6.07) is 0. The van der Waals surface area contributed by atoms with Gasteiger partial charge in [-0.05, 0) is 0 Å². The van der Waals surface area contributed by atoms with E-state index in [4.69, 9.17) is 15.7 Å². The van der Waals surface area contributed by atoms with Crippen molar-refractivity contribution in [3.8, 4) is 0 Å². The molecular weight excluding hydrogens is 270 g/mol. The lowest BCUT2D eigenvalue weighted by molar-refractivity contribution is -0.264. The number of aliphatic hydroxyl groups excluding tert-OH is 2. The number of ether oxygens (including phenoxy) is 1. The summed E-state index contributed by atoms with van der Waals surface area (Å²) in [6.07, 6.45) is -1.55. The number of aliphatic hydroxyl groups is 2. The maximum absolute atomic E-state index is 10.0. The third kappa shape index (κ3) is 1.90. The van der Waals surface area contributed by atoms with E-state index < -0.39 is 24.5 Å². The minimum Gasteiger partial charge on any atom is -0.387 e. The molecule has 108 valence electrons. The fraction of sp³-hybridized carbons (Fsp3) is 0.500. The van der Waals surface area contributed by atoms with Gasteiger partial charge >= 0.3 is 0 Å². The highest BCUT2D eigenvalue weighted by Gasteiger charge is 2.44. The lowest BCUT2D eigenvalue weighted by atomic mass is 10.1. The molecule has 3 heterocycles. The Kier molecular flexibility index (Phi) is 3.23. The zero-order valence-corrected chi connectivity index (χ0v) is 10.2. The molecule has 1 aliphatic heterocycles. The standard InChI is InChI=1S/C10H13N5O5/c11-8-5-9(13-2-12-8)15(3-14-5)10-7(17)6(16)4(20-10)1-19-18/h2-4,6-7,10,16-18H,1H2,(H2,11,12,13)/t4-,6?,7?,10-/m1/s1. The molecule has 5 N–H and O–H groups in total. The fourth-order valence-corrected chi connectivity index (χ4v) is 2.23. The normalized spacial score (nSPS) is 30.1. The predicted octanol–water partition coefficient (Wildman–Crippen LogP) is -1.48. The highest BCUT2D eigenvalue weighted by Crippen LogP contribution is 2.31. The SMILES string of the molecule is Nc1ncnc2c1ncn2[C@@H]1O[C@H](COO)C(O)C1O. The molecular formula is C10H13N5O5. The molecule has 1 fully saturated rings. The van der Waals surface area contributed by atoms with Crippen LogP contribution >= 0.6 is 0 Å². The molecule has 0 amide bonds. The Balaban J connectivity index is 1.97. The lowest BCUT2D eigenvalue weighted by Gasteiger charge is -2.16. The maximum atomic E-state index is 10.0. The molecule has 4 atom stereocenters. The number of hydrogen-bond donors (Lipinski definition) is 4. The maximum Gasteiger partial charge on any atom is 0.167 e. The molecule has 10 heteroatoms. The van der Waals surface area contributed by atoms with Crippen molar-refractivity contribution in [3.63, 3.8) is 0 Å². The smallest absolute Gasteiger partial charge is 0.167 e. The van der Waals surface area contributed by atoms with E-state index in [-0.39, 0.29) is 12.4 Å². The average molecular weight is 283 g/mol. The van der Waals surface area contributed by atoms with Crippen molar-refractivity contribution in [1.29, 1.82) is 0 Å². The first kappa shape index (κ1) is 13.1. The van der Waals surface area contributed by atoms with Crippen LogP contribution < -0.4 is 5.73 Å². The van der Waals surface area contributed by atoms with Crippen molar-refractivity contribution in [2.45, 2.75) is 24.5 Å².